The van der Waals surface area contributed by atoms with Crippen LogP contribution in [0.1, 0.15) is 0 Å². The molecule has 0 atom stereocenters. The number of hydrogen-bond donors (Lipinski definition) is 3. The standard InChI is InChI=1S/C20H16Cl3N3/c21-12-2-4-18-14(8-12)15-9-13(11-1-3-16(22)17(23)7-11)19(25-6-5-24)10-20(15)26-18/h1-4,7-10,25-26H,5-6,24H2. The molecule has 0 aliphatic carbocycles. The minimum Gasteiger partial charge on any atom is -0.383 e. The first kappa shape index (κ1) is 17.5. The summed E-state index contributed by atoms with van der Waals surface area (Å²) in [6, 6.07) is 15.7. The van der Waals surface area contributed by atoms with Crippen LogP contribution < -0.4 is 11.1 Å². The summed E-state index contributed by atoms with van der Waals surface area (Å²) < 4.78 is 0. The van der Waals surface area contributed by atoms with Crippen molar-refractivity contribution in [1.29, 1.82) is 0 Å². The second kappa shape index (κ2) is 7.01. The highest BCUT2D eigenvalue weighted by molar-refractivity contribution is 6.42. The summed E-state index contributed by atoms with van der Waals surface area (Å²) >= 11 is 18.5. The molecule has 0 unspecified atom stereocenters. The number of nitrogens with two attached hydrogens (primary N) is 1. The topological polar surface area (TPSA) is 53.8 Å². The molecule has 1 heterocycles. The Morgan fingerprint density at radius 3 is 2.42 bits per heavy atom. The van der Waals surface area contributed by atoms with E-state index in [1.807, 2.05) is 36.4 Å². The van der Waals surface area contributed by atoms with Crippen molar-refractivity contribution >= 4 is 62.3 Å². The molecule has 0 saturated heterocycles. The van der Waals surface area contributed by atoms with Gasteiger partial charge in [-0.15, -0.1) is 0 Å². The van der Waals surface area contributed by atoms with Crippen LogP contribution in [0.4, 0.5) is 5.69 Å². The molecule has 3 nitrogen and oxygen atoms in total. The van der Waals surface area contributed by atoms with Gasteiger partial charge >= 0.3 is 0 Å². The first-order valence-corrected chi connectivity index (χ1v) is 9.34. The number of fused-ring (bicyclic) bond motifs is 3. The zero-order valence-electron chi connectivity index (χ0n) is 13.7. The SMILES string of the molecule is NCCNc1cc2[nH]c3ccc(Cl)cc3c2cc1-c1ccc(Cl)c(Cl)c1. The van der Waals surface area contributed by atoms with Crippen LogP contribution in [-0.2, 0) is 0 Å². The normalized spacial score (nSPS) is 11.4. The van der Waals surface area contributed by atoms with Gasteiger partial charge in [0.25, 0.3) is 0 Å². The molecule has 6 heteroatoms. The molecule has 4 N–H and O–H groups in total. The minimum absolute atomic E-state index is 0.524. The highest BCUT2D eigenvalue weighted by Crippen LogP contribution is 2.38. The van der Waals surface area contributed by atoms with Crippen molar-refractivity contribution in [2.24, 2.45) is 5.73 Å². The first-order chi connectivity index (χ1) is 12.6. The van der Waals surface area contributed by atoms with Gasteiger partial charge in [-0.1, -0.05) is 40.9 Å². The minimum atomic E-state index is 0.524. The van der Waals surface area contributed by atoms with Gasteiger partial charge < -0.3 is 16.0 Å². The van der Waals surface area contributed by atoms with Crippen LogP contribution in [0, 0.1) is 0 Å². The van der Waals surface area contributed by atoms with E-state index < -0.39 is 0 Å². The summed E-state index contributed by atoms with van der Waals surface area (Å²) in [7, 11) is 0. The number of benzene rings is 3. The smallest absolute Gasteiger partial charge is 0.0598 e. The van der Waals surface area contributed by atoms with Gasteiger partial charge in [-0.2, -0.15) is 0 Å². The molecule has 0 amide bonds. The van der Waals surface area contributed by atoms with Gasteiger partial charge in [0.15, 0.2) is 0 Å². The summed E-state index contributed by atoms with van der Waals surface area (Å²) in [6.45, 7) is 1.22. The number of H-pyrrole nitrogens is 1. The van der Waals surface area contributed by atoms with Gasteiger partial charge in [0, 0.05) is 51.2 Å². The van der Waals surface area contributed by atoms with Gasteiger partial charge in [-0.05, 0) is 48.0 Å². The molecule has 1 aromatic heterocycles. The third-order valence-electron chi connectivity index (χ3n) is 4.39. The van der Waals surface area contributed by atoms with Crippen molar-refractivity contribution < 1.29 is 0 Å². The lowest BCUT2D eigenvalue weighted by Crippen LogP contribution is -2.13. The first-order valence-electron chi connectivity index (χ1n) is 8.21. The van der Waals surface area contributed by atoms with Gasteiger partial charge in [0.2, 0.25) is 0 Å². The molecule has 0 aliphatic rings. The number of aromatic amines is 1. The lowest BCUT2D eigenvalue weighted by atomic mass is 10.0. The molecule has 4 rings (SSSR count). The highest BCUT2D eigenvalue weighted by atomic mass is 35.5. The molecule has 0 aliphatic heterocycles. The third-order valence-corrected chi connectivity index (χ3v) is 5.36. The Balaban J connectivity index is 1.99. The maximum atomic E-state index is 6.24. The molecule has 4 aromatic rings. The molecule has 0 fully saturated rings. The Hall–Kier alpha value is -1.91. The number of hydrogen-bond acceptors (Lipinski definition) is 2. The Morgan fingerprint density at radius 1 is 0.846 bits per heavy atom. The van der Waals surface area contributed by atoms with Crippen molar-refractivity contribution in [1.82, 2.24) is 4.98 Å². The lowest BCUT2D eigenvalue weighted by molar-refractivity contribution is 1.03. The maximum Gasteiger partial charge on any atom is 0.0598 e. The number of anilines is 1. The zero-order valence-corrected chi connectivity index (χ0v) is 16.0. The number of halogens is 3. The van der Waals surface area contributed by atoms with Crippen LogP contribution in [0.5, 0.6) is 0 Å². The Labute approximate surface area is 166 Å². The van der Waals surface area contributed by atoms with Crippen LogP contribution in [-0.4, -0.2) is 18.1 Å². The Bertz CT molecular complexity index is 1120. The second-order valence-corrected chi connectivity index (χ2v) is 7.35. The molecule has 132 valence electrons. The quantitative estimate of drug-likeness (QED) is 0.373. The fourth-order valence-corrected chi connectivity index (χ4v) is 3.65. The van der Waals surface area contributed by atoms with Crippen LogP contribution >= 0.6 is 34.8 Å². The summed E-state index contributed by atoms with van der Waals surface area (Å²) in [5, 5.41) is 7.34. The molecular formula is C20H16Cl3N3. The number of nitrogens with one attached hydrogen (secondary N) is 2. The fraction of sp³-hybridized carbons (Fsp3) is 0.100. The molecule has 0 bridgehead atoms. The molecular weight excluding hydrogens is 389 g/mol. The maximum absolute atomic E-state index is 6.24. The number of aromatic nitrogens is 1. The van der Waals surface area contributed by atoms with Crippen molar-refractivity contribution in [2.75, 3.05) is 18.4 Å². The summed E-state index contributed by atoms with van der Waals surface area (Å²) in [4.78, 5) is 3.44. The van der Waals surface area contributed by atoms with Crippen molar-refractivity contribution in [3.8, 4) is 11.1 Å². The predicted molar refractivity (Wildman–Crippen MR) is 114 cm³/mol. The van der Waals surface area contributed by atoms with Crippen LogP contribution in [0.2, 0.25) is 15.1 Å². The van der Waals surface area contributed by atoms with Gasteiger partial charge in [-0.3, -0.25) is 0 Å². The van der Waals surface area contributed by atoms with Crippen molar-refractivity contribution in [3.63, 3.8) is 0 Å². The van der Waals surface area contributed by atoms with Gasteiger partial charge in [0.05, 0.1) is 10.0 Å². The van der Waals surface area contributed by atoms with E-state index in [4.69, 9.17) is 40.5 Å². The largest absolute Gasteiger partial charge is 0.383 e. The van der Waals surface area contributed by atoms with E-state index >= 15 is 0 Å². The van der Waals surface area contributed by atoms with E-state index in [1.54, 1.807) is 0 Å². The summed E-state index contributed by atoms with van der Waals surface area (Å²) in [5.74, 6) is 0. The second-order valence-electron chi connectivity index (χ2n) is 6.10. The fourth-order valence-electron chi connectivity index (χ4n) is 3.17. The van der Waals surface area contributed by atoms with Crippen molar-refractivity contribution in [2.45, 2.75) is 0 Å². The van der Waals surface area contributed by atoms with Crippen LogP contribution in [0.3, 0.4) is 0 Å². The van der Waals surface area contributed by atoms with E-state index in [2.05, 4.69) is 22.4 Å². The number of rotatable bonds is 4. The Kier molecular flexibility index (Phi) is 4.72. The van der Waals surface area contributed by atoms with E-state index in [0.29, 0.717) is 28.2 Å². The third kappa shape index (κ3) is 3.12. The zero-order chi connectivity index (χ0) is 18.3. The molecule has 0 spiro atoms. The molecule has 0 saturated carbocycles. The van der Waals surface area contributed by atoms with E-state index in [-0.39, 0.29) is 0 Å². The van der Waals surface area contributed by atoms with E-state index in [1.165, 1.54) is 0 Å². The molecule has 0 radical (unpaired) electrons. The molecule has 26 heavy (non-hydrogen) atoms. The average molecular weight is 405 g/mol. The summed E-state index contributed by atoms with van der Waals surface area (Å²) in [5.41, 5.74) is 10.8. The van der Waals surface area contributed by atoms with E-state index in [0.717, 1.165) is 38.6 Å². The van der Waals surface area contributed by atoms with Gasteiger partial charge in [0.1, 0.15) is 0 Å². The molecule has 3 aromatic carbocycles. The predicted octanol–water partition coefficient (Wildman–Crippen LogP) is 6.32. The monoisotopic (exact) mass is 403 g/mol. The highest BCUT2D eigenvalue weighted by Gasteiger charge is 2.13. The summed E-state index contributed by atoms with van der Waals surface area (Å²) in [6.07, 6.45) is 0. The van der Waals surface area contributed by atoms with Crippen LogP contribution in [0.15, 0.2) is 48.5 Å². The van der Waals surface area contributed by atoms with E-state index in [9.17, 15) is 0 Å². The lowest BCUT2D eigenvalue weighted by Gasteiger charge is -2.13. The van der Waals surface area contributed by atoms with Crippen LogP contribution in [0.25, 0.3) is 32.9 Å². The average Bonchev–Trinajstić information content (AvgIpc) is 2.98. The van der Waals surface area contributed by atoms with Gasteiger partial charge in [-0.25, -0.2) is 0 Å². The van der Waals surface area contributed by atoms with Crippen molar-refractivity contribution in [3.05, 3.63) is 63.6 Å². The Morgan fingerprint density at radius 2 is 1.65 bits per heavy atom.